The summed E-state index contributed by atoms with van der Waals surface area (Å²) in [5.41, 5.74) is 16.1. The number of esters is 2. The Labute approximate surface area is 150 Å². The van der Waals surface area contributed by atoms with Gasteiger partial charge in [-0.1, -0.05) is 12.2 Å². The molecule has 0 amide bonds. The van der Waals surface area contributed by atoms with Crippen molar-refractivity contribution >= 4 is 35.3 Å². The highest BCUT2D eigenvalue weighted by Crippen LogP contribution is 2.23. The van der Waals surface area contributed by atoms with Gasteiger partial charge in [0.05, 0.1) is 11.1 Å². The quantitative estimate of drug-likeness (QED) is 0.296. The molecule has 2 atom stereocenters. The molecule has 2 aliphatic carbocycles. The van der Waals surface area contributed by atoms with E-state index in [0.29, 0.717) is 0 Å². The highest BCUT2D eigenvalue weighted by atomic mass is 16.6. The first-order valence-corrected chi connectivity index (χ1v) is 7.24. The summed E-state index contributed by atoms with van der Waals surface area (Å²) >= 11 is 0. The van der Waals surface area contributed by atoms with Gasteiger partial charge in [0.1, 0.15) is 11.8 Å². The summed E-state index contributed by atoms with van der Waals surface area (Å²) < 4.78 is 4.63. The molecule has 11 nitrogen and oxygen atoms in total. The minimum atomic E-state index is -1.50. The molecule has 0 aromatic rings. The van der Waals surface area contributed by atoms with Crippen LogP contribution in [0.15, 0.2) is 47.6 Å². The fourth-order valence-corrected chi connectivity index (χ4v) is 2.34. The Morgan fingerprint density at radius 3 is 1.48 bits per heavy atom. The Morgan fingerprint density at radius 2 is 1.19 bits per heavy atom. The normalized spacial score (nSPS) is 20.7. The average Bonchev–Trinajstić information content (AvgIpc) is 2.66. The standard InChI is InChI=1S/C16H10N4O7/c17-19-7-1-3-9(11(5-7)13(21)22)15(25)27-16(26)10-4-2-8(20-18)6-12(10)14(23)24/h1-6,9-10H,(H,21,22)(H,23,24). The summed E-state index contributed by atoms with van der Waals surface area (Å²) in [5, 5.41) is 18.3. The molecule has 0 bridgehead atoms. The van der Waals surface area contributed by atoms with Gasteiger partial charge >= 0.3 is 35.3 Å². The monoisotopic (exact) mass is 370 g/mol. The van der Waals surface area contributed by atoms with Crippen molar-refractivity contribution in [3.63, 3.8) is 0 Å². The van der Waals surface area contributed by atoms with Crippen molar-refractivity contribution in [3.05, 3.63) is 58.7 Å². The zero-order chi connectivity index (χ0) is 20.1. The molecule has 2 N–H and O–H groups in total. The van der Waals surface area contributed by atoms with Gasteiger partial charge in [0.15, 0.2) is 0 Å². The molecule has 27 heavy (non-hydrogen) atoms. The molecule has 0 fully saturated rings. The largest absolute Gasteiger partial charge is 0.478 e. The van der Waals surface area contributed by atoms with Crippen LogP contribution in [0, 0.1) is 11.8 Å². The highest BCUT2D eigenvalue weighted by Gasteiger charge is 2.36. The van der Waals surface area contributed by atoms with Crippen LogP contribution in [-0.2, 0) is 23.9 Å². The molecule has 136 valence electrons. The second-order valence-corrected chi connectivity index (χ2v) is 5.27. The second-order valence-electron chi connectivity index (χ2n) is 5.27. The molecule has 0 aromatic carbocycles. The van der Waals surface area contributed by atoms with Crippen LogP contribution in [0.1, 0.15) is 0 Å². The first kappa shape index (κ1) is 19.1. The topological polar surface area (TPSA) is 191 Å². The van der Waals surface area contributed by atoms with E-state index in [9.17, 15) is 19.2 Å². The molecule has 0 saturated heterocycles. The minimum Gasteiger partial charge on any atom is -0.478 e. The van der Waals surface area contributed by atoms with E-state index in [1.54, 1.807) is 0 Å². The van der Waals surface area contributed by atoms with Crippen molar-refractivity contribution in [1.29, 1.82) is 0 Å². The molecular weight excluding hydrogens is 360 g/mol. The number of carbonyl (C=O) groups is 4. The Kier molecular flexibility index (Phi) is 5.52. The highest BCUT2D eigenvalue weighted by molar-refractivity contribution is 6.12. The third-order valence-electron chi connectivity index (χ3n) is 3.63. The van der Waals surface area contributed by atoms with Crippen molar-refractivity contribution in [2.24, 2.45) is 11.8 Å². The number of nitrogens with zero attached hydrogens (tertiary/aromatic N) is 4. The number of hydrogen-bond donors (Lipinski definition) is 2. The van der Waals surface area contributed by atoms with E-state index in [1.807, 2.05) is 0 Å². The number of carbonyl (C=O) groups excluding carboxylic acids is 2. The summed E-state index contributed by atoms with van der Waals surface area (Å²) in [5.74, 6) is -8.42. The lowest BCUT2D eigenvalue weighted by Gasteiger charge is -2.17. The van der Waals surface area contributed by atoms with Crippen LogP contribution in [0.4, 0.5) is 0 Å². The smallest absolute Gasteiger partial charge is 0.333 e. The Morgan fingerprint density at radius 1 is 0.815 bits per heavy atom. The third-order valence-corrected chi connectivity index (χ3v) is 3.63. The zero-order valence-electron chi connectivity index (χ0n) is 13.3. The number of hydrogen-bond acceptors (Lipinski definition) is 5. The van der Waals surface area contributed by atoms with Crippen molar-refractivity contribution in [1.82, 2.24) is 0 Å². The van der Waals surface area contributed by atoms with E-state index >= 15 is 0 Å². The summed E-state index contributed by atoms with van der Waals surface area (Å²) in [4.78, 5) is 52.6. The van der Waals surface area contributed by atoms with E-state index in [2.05, 4.69) is 14.3 Å². The van der Waals surface area contributed by atoms with E-state index < -0.39 is 46.9 Å². The van der Waals surface area contributed by atoms with Crippen molar-refractivity contribution in [2.75, 3.05) is 0 Å². The van der Waals surface area contributed by atoms with Crippen LogP contribution in [0.3, 0.4) is 0 Å². The molecule has 0 aromatic heterocycles. The molecule has 2 aliphatic rings. The van der Waals surface area contributed by atoms with Crippen LogP contribution >= 0.6 is 0 Å². The van der Waals surface area contributed by atoms with Gasteiger partial charge in [0.25, 0.3) is 0 Å². The maximum Gasteiger partial charge on any atom is 0.333 e. The van der Waals surface area contributed by atoms with Crippen molar-refractivity contribution in [2.45, 2.75) is 0 Å². The minimum absolute atomic E-state index is 0.120. The summed E-state index contributed by atoms with van der Waals surface area (Å²) in [6.45, 7) is 0. The SMILES string of the molecule is [N-]=[N+]=C1C=CC(C(=O)OC(=O)C2C=CC(=[N+]=[N-])C=C2C(=O)O)C(C(=O)O)=C1. The molecular formula is C16H10N4O7. The fourth-order valence-electron chi connectivity index (χ4n) is 2.34. The van der Waals surface area contributed by atoms with E-state index in [0.717, 1.165) is 36.5 Å². The molecule has 11 heteroatoms. The lowest BCUT2D eigenvalue weighted by molar-refractivity contribution is -0.163. The number of rotatable bonds is 4. The van der Waals surface area contributed by atoms with Gasteiger partial charge in [-0.05, 0) is 0 Å². The van der Waals surface area contributed by atoms with Gasteiger partial charge in [-0.3, -0.25) is 9.59 Å². The van der Waals surface area contributed by atoms with Gasteiger partial charge < -0.3 is 26.0 Å². The molecule has 2 rings (SSSR count). The zero-order valence-corrected chi connectivity index (χ0v) is 13.3. The lowest BCUT2D eigenvalue weighted by Crippen LogP contribution is -2.31. The van der Waals surface area contributed by atoms with Crippen LogP contribution < -0.4 is 0 Å². The lowest BCUT2D eigenvalue weighted by atomic mass is 9.91. The molecule has 2 unspecified atom stereocenters. The average molecular weight is 370 g/mol. The summed E-state index contributed by atoms with van der Waals surface area (Å²) in [6, 6.07) is 0. The summed E-state index contributed by atoms with van der Waals surface area (Å²) in [6.07, 6.45) is 6.27. The van der Waals surface area contributed by atoms with Crippen LogP contribution in [0.5, 0.6) is 0 Å². The van der Waals surface area contributed by atoms with Gasteiger partial charge in [0, 0.05) is 24.3 Å². The number of carboxylic acid groups (broad SMARTS) is 2. The number of aliphatic carboxylic acids is 2. The predicted molar refractivity (Wildman–Crippen MR) is 85.0 cm³/mol. The summed E-state index contributed by atoms with van der Waals surface area (Å²) in [7, 11) is 0. The van der Waals surface area contributed by atoms with E-state index in [1.165, 1.54) is 0 Å². The number of carboxylic acids is 2. The predicted octanol–water partition coefficient (Wildman–Crippen LogP) is -0.208. The van der Waals surface area contributed by atoms with Crippen molar-refractivity contribution < 1.29 is 43.7 Å². The molecule has 0 aliphatic heterocycles. The molecule has 0 spiro atoms. The molecule has 0 heterocycles. The number of ether oxygens (including phenoxy) is 1. The second kappa shape index (κ2) is 7.79. The van der Waals surface area contributed by atoms with Gasteiger partial charge in [-0.2, -0.15) is 9.58 Å². The third kappa shape index (κ3) is 4.07. The van der Waals surface area contributed by atoms with Gasteiger partial charge in [-0.25, -0.2) is 9.59 Å². The fraction of sp³-hybridized carbons (Fsp3) is 0.125. The maximum absolute atomic E-state index is 12.2. The van der Waals surface area contributed by atoms with E-state index in [-0.39, 0.29) is 11.4 Å². The van der Waals surface area contributed by atoms with Crippen molar-refractivity contribution in [3.8, 4) is 0 Å². The van der Waals surface area contributed by atoms with E-state index in [4.69, 9.17) is 21.3 Å². The molecule has 0 radical (unpaired) electrons. The van der Waals surface area contributed by atoms with Gasteiger partial charge in [-0.15, -0.1) is 0 Å². The van der Waals surface area contributed by atoms with Crippen LogP contribution in [0.2, 0.25) is 0 Å². The first-order chi connectivity index (χ1) is 12.8. The Hall–Kier alpha value is -4.20. The number of allylic oxidation sites excluding steroid dienone is 4. The first-order valence-electron chi connectivity index (χ1n) is 7.24. The van der Waals surface area contributed by atoms with Crippen LogP contribution in [0.25, 0.3) is 11.1 Å². The maximum atomic E-state index is 12.2. The Bertz CT molecular complexity index is 895. The van der Waals surface area contributed by atoms with Gasteiger partial charge in [0.2, 0.25) is 0 Å². The van der Waals surface area contributed by atoms with Crippen LogP contribution in [-0.4, -0.2) is 55.1 Å². The molecule has 0 saturated carbocycles. The Balaban J connectivity index is 2.24.